The number of carbonyl (C=O) groups is 1. The number of benzene rings is 3. The fourth-order valence-electron chi connectivity index (χ4n) is 4.76. The molecule has 5 rings (SSSR count). The topological polar surface area (TPSA) is 79.0 Å². The highest BCUT2D eigenvalue weighted by molar-refractivity contribution is 7.92. The lowest BCUT2D eigenvalue weighted by Gasteiger charge is -2.34. The molecule has 2 aliphatic rings. The van der Waals surface area contributed by atoms with E-state index in [-0.39, 0.29) is 12.5 Å². The fourth-order valence-corrected chi connectivity index (χ4v) is 5.84. The molecular formula is C27H28ClN3O4S. The van der Waals surface area contributed by atoms with Gasteiger partial charge in [0.1, 0.15) is 5.75 Å². The number of nitrogens with one attached hydrogen (secondary N) is 1. The second kappa shape index (κ2) is 10.1. The van der Waals surface area contributed by atoms with Gasteiger partial charge in [0.05, 0.1) is 18.5 Å². The highest BCUT2D eigenvalue weighted by Crippen LogP contribution is 2.37. The predicted molar refractivity (Wildman–Crippen MR) is 141 cm³/mol. The molecule has 2 heterocycles. The van der Waals surface area contributed by atoms with Crippen molar-refractivity contribution in [2.45, 2.75) is 32.2 Å². The first-order valence-electron chi connectivity index (χ1n) is 11.8. The summed E-state index contributed by atoms with van der Waals surface area (Å²) in [7, 11) is -3.62. The molecule has 3 aromatic rings. The first-order valence-corrected chi connectivity index (χ1v) is 14.1. The fraction of sp³-hybridized carbons (Fsp3) is 0.296. The highest BCUT2D eigenvalue weighted by Gasteiger charge is 2.35. The molecule has 7 nitrogen and oxygen atoms in total. The summed E-state index contributed by atoms with van der Waals surface area (Å²) in [6.45, 7) is 2.99. The van der Waals surface area contributed by atoms with Gasteiger partial charge in [-0.1, -0.05) is 60.1 Å². The van der Waals surface area contributed by atoms with Crippen molar-refractivity contribution in [3.63, 3.8) is 0 Å². The Morgan fingerprint density at radius 2 is 1.83 bits per heavy atom. The molecule has 36 heavy (non-hydrogen) atoms. The Balaban J connectivity index is 1.22. The maximum Gasteiger partial charge on any atom is 0.263 e. The van der Waals surface area contributed by atoms with E-state index < -0.39 is 16.1 Å². The third kappa shape index (κ3) is 5.51. The van der Waals surface area contributed by atoms with Crippen LogP contribution in [0.25, 0.3) is 0 Å². The number of nitrogens with zero attached hydrogens (tertiary/aromatic N) is 2. The molecule has 3 aromatic carbocycles. The number of ether oxygens (including phenoxy) is 1. The van der Waals surface area contributed by atoms with Crippen LogP contribution < -0.4 is 14.4 Å². The molecule has 9 heteroatoms. The van der Waals surface area contributed by atoms with Crippen LogP contribution in [0, 0.1) is 0 Å². The molecule has 0 aliphatic carbocycles. The van der Waals surface area contributed by atoms with E-state index in [1.807, 2.05) is 12.1 Å². The number of amides is 1. The first kappa shape index (κ1) is 24.6. The largest absolute Gasteiger partial charge is 0.476 e. The van der Waals surface area contributed by atoms with E-state index in [0.717, 1.165) is 37.9 Å². The third-order valence-corrected chi connectivity index (χ3v) is 7.94. The summed E-state index contributed by atoms with van der Waals surface area (Å²) in [6, 6.07) is 21.5. The molecule has 0 saturated carbocycles. The van der Waals surface area contributed by atoms with E-state index in [0.29, 0.717) is 23.0 Å². The van der Waals surface area contributed by atoms with Gasteiger partial charge in [-0.05, 0) is 46.9 Å². The Labute approximate surface area is 216 Å². The second-order valence-corrected chi connectivity index (χ2v) is 11.6. The standard InChI is InChI=1S/C27H28ClN3O4S/c1-36(33,34)31-18-26(35-25-10-9-23(28)14-24(25)31)27(32)29-15-19-5-4-6-20(13-19)16-30-12-11-21-7-2-3-8-22(21)17-30/h2-10,13-14,26H,11-12,15-18H2,1H3,(H,29,32). The number of sulfonamides is 1. The van der Waals surface area contributed by atoms with E-state index in [9.17, 15) is 13.2 Å². The van der Waals surface area contributed by atoms with Crippen LogP contribution in [0.1, 0.15) is 22.3 Å². The Morgan fingerprint density at radius 1 is 1.06 bits per heavy atom. The molecule has 1 atom stereocenters. The van der Waals surface area contributed by atoms with Gasteiger partial charge in [-0.2, -0.15) is 0 Å². The predicted octanol–water partition coefficient (Wildman–Crippen LogP) is 3.74. The Kier molecular flexibility index (Phi) is 6.92. The number of hydrogen-bond donors (Lipinski definition) is 1. The number of fused-ring (bicyclic) bond motifs is 2. The van der Waals surface area contributed by atoms with Gasteiger partial charge in [0.25, 0.3) is 5.91 Å². The van der Waals surface area contributed by atoms with E-state index >= 15 is 0 Å². The zero-order chi connectivity index (χ0) is 25.3. The molecule has 1 N–H and O–H groups in total. The van der Waals surface area contributed by atoms with Gasteiger partial charge in [0.2, 0.25) is 10.0 Å². The van der Waals surface area contributed by atoms with E-state index in [4.69, 9.17) is 16.3 Å². The number of rotatable bonds is 6. The van der Waals surface area contributed by atoms with Gasteiger partial charge >= 0.3 is 0 Å². The quantitative estimate of drug-likeness (QED) is 0.530. The lowest BCUT2D eigenvalue weighted by atomic mass is 9.99. The molecular weight excluding hydrogens is 498 g/mol. The zero-order valence-electron chi connectivity index (χ0n) is 20.0. The van der Waals surface area contributed by atoms with Gasteiger partial charge in [0.15, 0.2) is 6.10 Å². The molecule has 0 bridgehead atoms. The van der Waals surface area contributed by atoms with Crippen LogP contribution in [-0.4, -0.2) is 44.7 Å². The normalized spacial score (nSPS) is 17.6. The Hall–Kier alpha value is -3.07. The van der Waals surface area contributed by atoms with Crippen LogP contribution in [-0.2, 0) is 40.9 Å². The minimum absolute atomic E-state index is 0.117. The van der Waals surface area contributed by atoms with Gasteiger partial charge in [-0.15, -0.1) is 0 Å². The van der Waals surface area contributed by atoms with Crippen molar-refractivity contribution in [1.29, 1.82) is 0 Å². The molecule has 188 valence electrons. The number of anilines is 1. The summed E-state index contributed by atoms with van der Waals surface area (Å²) in [6.07, 6.45) is 1.18. The second-order valence-electron chi connectivity index (χ2n) is 9.28. The van der Waals surface area contributed by atoms with Crippen molar-refractivity contribution < 1.29 is 17.9 Å². The molecule has 2 aliphatic heterocycles. The smallest absolute Gasteiger partial charge is 0.263 e. The lowest BCUT2D eigenvalue weighted by molar-refractivity contribution is -0.127. The Bertz CT molecular complexity index is 1400. The molecule has 0 radical (unpaired) electrons. The Morgan fingerprint density at radius 3 is 2.64 bits per heavy atom. The minimum Gasteiger partial charge on any atom is -0.476 e. The summed E-state index contributed by atoms with van der Waals surface area (Å²) in [5.41, 5.74) is 5.30. The van der Waals surface area contributed by atoms with Gasteiger partial charge in [0, 0.05) is 31.2 Å². The van der Waals surface area contributed by atoms with E-state index in [1.165, 1.54) is 27.1 Å². The molecule has 0 aromatic heterocycles. The van der Waals surface area contributed by atoms with Crippen molar-refractivity contribution in [2.75, 3.05) is 23.7 Å². The van der Waals surface area contributed by atoms with Crippen LogP contribution >= 0.6 is 11.6 Å². The van der Waals surface area contributed by atoms with Crippen LogP contribution in [0.4, 0.5) is 5.69 Å². The monoisotopic (exact) mass is 525 g/mol. The third-order valence-electron chi connectivity index (χ3n) is 6.56. The van der Waals surface area contributed by atoms with Crippen molar-refractivity contribution >= 4 is 33.2 Å². The van der Waals surface area contributed by atoms with Crippen LogP contribution in [0.15, 0.2) is 66.7 Å². The first-order chi connectivity index (χ1) is 17.3. The molecule has 1 unspecified atom stereocenters. The highest BCUT2D eigenvalue weighted by atomic mass is 35.5. The van der Waals surface area contributed by atoms with Gasteiger partial charge in [-0.3, -0.25) is 14.0 Å². The number of halogens is 1. The minimum atomic E-state index is -3.62. The maximum absolute atomic E-state index is 12.9. The van der Waals surface area contributed by atoms with Crippen molar-refractivity contribution in [3.05, 3.63) is 94.0 Å². The number of hydrogen-bond acceptors (Lipinski definition) is 5. The summed E-state index contributed by atoms with van der Waals surface area (Å²) < 4.78 is 31.7. The van der Waals surface area contributed by atoms with Crippen LogP contribution in [0.2, 0.25) is 5.02 Å². The van der Waals surface area contributed by atoms with E-state index in [2.05, 4.69) is 46.6 Å². The van der Waals surface area contributed by atoms with Gasteiger partial charge in [-0.25, -0.2) is 8.42 Å². The summed E-state index contributed by atoms with van der Waals surface area (Å²) in [5.74, 6) is -0.0661. The number of carbonyl (C=O) groups excluding carboxylic acids is 1. The zero-order valence-corrected chi connectivity index (χ0v) is 21.6. The SMILES string of the molecule is CS(=O)(=O)N1CC(C(=O)NCc2cccc(CN3CCc4ccccc4C3)c2)Oc2ccc(Cl)cc21. The summed E-state index contributed by atoms with van der Waals surface area (Å²) in [4.78, 5) is 15.4. The molecule has 0 spiro atoms. The van der Waals surface area contributed by atoms with Crippen molar-refractivity contribution in [2.24, 2.45) is 0 Å². The van der Waals surface area contributed by atoms with Crippen LogP contribution in [0.3, 0.4) is 0 Å². The average molecular weight is 526 g/mol. The van der Waals surface area contributed by atoms with Gasteiger partial charge < -0.3 is 10.1 Å². The molecule has 0 fully saturated rings. The summed E-state index contributed by atoms with van der Waals surface area (Å²) >= 11 is 6.05. The molecule has 0 saturated heterocycles. The lowest BCUT2D eigenvalue weighted by Crippen LogP contribution is -2.50. The average Bonchev–Trinajstić information content (AvgIpc) is 2.86. The van der Waals surface area contributed by atoms with Crippen LogP contribution in [0.5, 0.6) is 5.75 Å². The molecule has 1 amide bonds. The summed E-state index contributed by atoms with van der Waals surface area (Å²) in [5, 5.41) is 3.29. The maximum atomic E-state index is 12.9. The van der Waals surface area contributed by atoms with E-state index in [1.54, 1.807) is 12.1 Å². The van der Waals surface area contributed by atoms with Crippen molar-refractivity contribution in [1.82, 2.24) is 10.2 Å². The van der Waals surface area contributed by atoms with Crippen molar-refractivity contribution in [3.8, 4) is 5.75 Å².